The largest absolute Gasteiger partial charge is 0.351 e. The van der Waals surface area contributed by atoms with Crippen molar-refractivity contribution >= 4 is 5.91 Å². The van der Waals surface area contributed by atoms with E-state index in [1.165, 1.54) is 12.1 Å². The van der Waals surface area contributed by atoms with Gasteiger partial charge in [0.25, 0.3) is 5.91 Å². The van der Waals surface area contributed by atoms with Gasteiger partial charge in [-0.3, -0.25) is 4.79 Å². The van der Waals surface area contributed by atoms with Crippen molar-refractivity contribution in [1.29, 1.82) is 0 Å². The van der Waals surface area contributed by atoms with Crippen LogP contribution in [0.1, 0.15) is 36.2 Å². The van der Waals surface area contributed by atoms with Gasteiger partial charge in [0.2, 0.25) is 0 Å². The van der Waals surface area contributed by atoms with E-state index >= 15 is 0 Å². The number of benzene rings is 1. The third-order valence-electron chi connectivity index (χ3n) is 2.92. The SMILES string of the molecule is Cc1ccc(C(=O)NCC(C)(C)CCN)c(F)c1. The molecule has 0 aliphatic carbocycles. The van der Waals surface area contributed by atoms with E-state index in [-0.39, 0.29) is 16.9 Å². The highest BCUT2D eigenvalue weighted by Crippen LogP contribution is 2.18. The van der Waals surface area contributed by atoms with Crippen molar-refractivity contribution < 1.29 is 9.18 Å². The molecule has 0 saturated heterocycles. The average molecular weight is 252 g/mol. The summed E-state index contributed by atoms with van der Waals surface area (Å²) >= 11 is 0. The molecule has 0 saturated carbocycles. The van der Waals surface area contributed by atoms with Gasteiger partial charge in [-0.25, -0.2) is 4.39 Å². The molecule has 1 rings (SSSR count). The van der Waals surface area contributed by atoms with Gasteiger partial charge in [0.1, 0.15) is 5.82 Å². The van der Waals surface area contributed by atoms with Gasteiger partial charge < -0.3 is 11.1 Å². The fourth-order valence-corrected chi connectivity index (χ4v) is 1.70. The quantitative estimate of drug-likeness (QED) is 0.844. The molecule has 1 aromatic rings. The summed E-state index contributed by atoms with van der Waals surface area (Å²) in [6, 6.07) is 4.60. The summed E-state index contributed by atoms with van der Waals surface area (Å²) in [7, 11) is 0. The van der Waals surface area contributed by atoms with Crippen LogP contribution in [0.4, 0.5) is 4.39 Å². The molecule has 0 fully saturated rings. The lowest BCUT2D eigenvalue weighted by Crippen LogP contribution is -2.35. The van der Waals surface area contributed by atoms with E-state index in [0.717, 1.165) is 12.0 Å². The number of hydrogen-bond donors (Lipinski definition) is 2. The van der Waals surface area contributed by atoms with E-state index in [1.807, 2.05) is 13.8 Å². The Kier molecular flexibility index (Phi) is 4.84. The summed E-state index contributed by atoms with van der Waals surface area (Å²) in [5.74, 6) is -0.860. The monoisotopic (exact) mass is 252 g/mol. The minimum Gasteiger partial charge on any atom is -0.351 e. The minimum absolute atomic E-state index is 0.0778. The van der Waals surface area contributed by atoms with E-state index in [2.05, 4.69) is 5.32 Å². The van der Waals surface area contributed by atoms with Crippen LogP contribution in [0.25, 0.3) is 0 Å². The highest BCUT2D eigenvalue weighted by atomic mass is 19.1. The van der Waals surface area contributed by atoms with Crippen LogP contribution >= 0.6 is 0 Å². The molecule has 0 aliphatic heterocycles. The van der Waals surface area contributed by atoms with Crippen molar-refractivity contribution in [1.82, 2.24) is 5.32 Å². The van der Waals surface area contributed by atoms with E-state index in [0.29, 0.717) is 13.1 Å². The van der Waals surface area contributed by atoms with Crippen molar-refractivity contribution in [3.63, 3.8) is 0 Å². The topological polar surface area (TPSA) is 55.1 Å². The Bertz CT molecular complexity index is 430. The van der Waals surface area contributed by atoms with Crippen molar-refractivity contribution in [2.45, 2.75) is 27.2 Å². The third kappa shape index (κ3) is 4.11. The van der Waals surface area contributed by atoms with Crippen molar-refractivity contribution in [3.05, 3.63) is 35.1 Å². The molecule has 0 spiro atoms. The van der Waals surface area contributed by atoms with Crippen molar-refractivity contribution in [3.8, 4) is 0 Å². The first-order valence-corrected chi connectivity index (χ1v) is 6.10. The molecule has 0 bridgehead atoms. The number of nitrogens with two attached hydrogens (primary N) is 1. The molecule has 0 radical (unpaired) electrons. The zero-order valence-corrected chi connectivity index (χ0v) is 11.2. The molecule has 3 N–H and O–H groups in total. The first kappa shape index (κ1) is 14.6. The predicted molar refractivity (Wildman–Crippen MR) is 70.9 cm³/mol. The maximum absolute atomic E-state index is 13.6. The second-order valence-corrected chi connectivity index (χ2v) is 5.37. The zero-order chi connectivity index (χ0) is 13.8. The van der Waals surface area contributed by atoms with Crippen LogP contribution in [0.3, 0.4) is 0 Å². The summed E-state index contributed by atoms with van der Waals surface area (Å²) in [5.41, 5.74) is 6.31. The van der Waals surface area contributed by atoms with Crippen molar-refractivity contribution in [2.75, 3.05) is 13.1 Å². The van der Waals surface area contributed by atoms with E-state index < -0.39 is 5.82 Å². The van der Waals surface area contributed by atoms with Crippen LogP contribution in [-0.4, -0.2) is 19.0 Å². The Morgan fingerprint density at radius 2 is 2.11 bits per heavy atom. The van der Waals surface area contributed by atoms with Crippen LogP contribution in [0, 0.1) is 18.2 Å². The molecule has 1 amide bonds. The number of hydrogen-bond acceptors (Lipinski definition) is 2. The van der Waals surface area contributed by atoms with Crippen LogP contribution in [-0.2, 0) is 0 Å². The molecular formula is C14H21FN2O. The normalized spacial score (nSPS) is 11.4. The number of nitrogens with one attached hydrogen (secondary N) is 1. The Morgan fingerprint density at radius 3 is 2.67 bits per heavy atom. The molecule has 1 aromatic carbocycles. The fourth-order valence-electron chi connectivity index (χ4n) is 1.70. The molecule has 100 valence electrons. The highest BCUT2D eigenvalue weighted by Gasteiger charge is 2.19. The Hall–Kier alpha value is -1.42. The second-order valence-electron chi connectivity index (χ2n) is 5.37. The third-order valence-corrected chi connectivity index (χ3v) is 2.92. The van der Waals surface area contributed by atoms with Gasteiger partial charge >= 0.3 is 0 Å². The second kappa shape index (κ2) is 5.96. The molecular weight excluding hydrogens is 231 g/mol. The first-order valence-electron chi connectivity index (χ1n) is 6.10. The lowest BCUT2D eigenvalue weighted by atomic mass is 9.89. The van der Waals surface area contributed by atoms with Gasteiger partial charge in [-0.15, -0.1) is 0 Å². The number of carbonyl (C=O) groups is 1. The van der Waals surface area contributed by atoms with Gasteiger partial charge in [0.15, 0.2) is 0 Å². The highest BCUT2D eigenvalue weighted by molar-refractivity contribution is 5.94. The lowest BCUT2D eigenvalue weighted by Gasteiger charge is -2.24. The summed E-state index contributed by atoms with van der Waals surface area (Å²) in [4.78, 5) is 11.8. The molecule has 0 aromatic heterocycles. The first-order chi connectivity index (χ1) is 8.35. The summed E-state index contributed by atoms with van der Waals surface area (Å²) in [6.07, 6.45) is 0.809. The van der Waals surface area contributed by atoms with Crippen molar-refractivity contribution in [2.24, 2.45) is 11.1 Å². The summed E-state index contributed by atoms with van der Waals surface area (Å²) < 4.78 is 13.6. The Labute approximate surface area is 108 Å². The molecule has 0 atom stereocenters. The van der Waals surface area contributed by atoms with Crippen LogP contribution in [0.5, 0.6) is 0 Å². The number of aryl methyl sites for hydroxylation is 1. The zero-order valence-electron chi connectivity index (χ0n) is 11.2. The summed E-state index contributed by atoms with van der Waals surface area (Å²) in [5, 5.41) is 2.75. The van der Waals surface area contributed by atoms with E-state index in [4.69, 9.17) is 5.73 Å². The number of amides is 1. The van der Waals surface area contributed by atoms with Crippen LogP contribution < -0.4 is 11.1 Å². The van der Waals surface area contributed by atoms with Gasteiger partial charge in [-0.2, -0.15) is 0 Å². The number of halogens is 1. The maximum atomic E-state index is 13.6. The van der Waals surface area contributed by atoms with Crippen LogP contribution in [0.2, 0.25) is 0 Å². The standard InChI is InChI=1S/C14H21FN2O/c1-10-4-5-11(12(15)8-10)13(18)17-9-14(2,3)6-7-16/h4-5,8H,6-7,9,16H2,1-3H3,(H,17,18). The van der Waals surface area contributed by atoms with Crippen LogP contribution in [0.15, 0.2) is 18.2 Å². The van der Waals surface area contributed by atoms with E-state index in [9.17, 15) is 9.18 Å². The summed E-state index contributed by atoms with van der Waals surface area (Å²) in [6.45, 7) is 6.88. The molecule has 0 heterocycles. The molecule has 4 heteroatoms. The molecule has 0 aliphatic rings. The maximum Gasteiger partial charge on any atom is 0.254 e. The van der Waals surface area contributed by atoms with Gasteiger partial charge in [-0.05, 0) is 43.0 Å². The predicted octanol–water partition coefficient (Wildman–Crippen LogP) is 2.24. The Morgan fingerprint density at radius 1 is 1.44 bits per heavy atom. The minimum atomic E-state index is -0.482. The Balaban J connectivity index is 2.66. The number of rotatable bonds is 5. The van der Waals surface area contributed by atoms with E-state index in [1.54, 1.807) is 13.0 Å². The molecule has 3 nitrogen and oxygen atoms in total. The van der Waals surface area contributed by atoms with Gasteiger partial charge in [-0.1, -0.05) is 19.9 Å². The smallest absolute Gasteiger partial charge is 0.254 e. The lowest BCUT2D eigenvalue weighted by molar-refractivity contribution is 0.0931. The molecule has 0 unspecified atom stereocenters. The fraction of sp³-hybridized carbons (Fsp3) is 0.500. The average Bonchev–Trinajstić information content (AvgIpc) is 2.26. The number of carbonyl (C=O) groups excluding carboxylic acids is 1. The molecule has 18 heavy (non-hydrogen) atoms. The van der Waals surface area contributed by atoms with Gasteiger partial charge in [0, 0.05) is 6.54 Å². The van der Waals surface area contributed by atoms with Gasteiger partial charge in [0.05, 0.1) is 5.56 Å².